The molecule has 1 aliphatic carbocycles. The van der Waals surface area contributed by atoms with Crippen LogP contribution in [0, 0.1) is 11.3 Å². The van der Waals surface area contributed by atoms with Gasteiger partial charge in [0.2, 0.25) is 5.95 Å². The summed E-state index contributed by atoms with van der Waals surface area (Å²) in [4.78, 5) is 15.4. The second kappa shape index (κ2) is 6.91. The van der Waals surface area contributed by atoms with E-state index in [0.29, 0.717) is 40.0 Å². The van der Waals surface area contributed by atoms with E-state index in [2.05, 4.69) is 49.0 Å². The second-order valence-electron chi connectivity index (χ2n) is 8.51. The van der Waals surface area contributed by atoms with Gasteiger partial charge in [-0.25, -0.2) is 9.97 Å². The fourth-order valence-electron chi connectivity index (χ4n) is 4.62. The Balaban J connectivity index is 1.36. The van der Waals surface area contributed by atoms with Crippen molar-refractivity contribution in [1.82, 2.24) is 34.2 Å². The SMILES string of the molecule is CN1CCn2nc(Nc3nc4ncc(Oc5ccnc(N)c5)c(C#N)c4n3C)cc2C12CC2. The third kappa shape index (κ3) is 2.99. The van der Waals surface area contributed by atoms with Gasteiger partial charge in [0, 0.05) is 31.9 Å². The third-order valence-electron chi connectivity index (χ3n) is 6.55. The first-order valence-corrected chi connectivity index (χ1v) is 10.7. The van der Waals surface area contributed by atoms with Crippen molar-refractivity contribution in [2.45, 2.75) is 24.9 Å². The third-order valence-corrected chi connectivity index (χ3v) is 6.55. The number of aromatic nitrogens is 6. The Hall–Kier alpha value is -4.17. The molecule has 1 saturated carbocycles. The maximum atomic E-state index is 9.90. The van der Waals surface area contributed by atoms with Crippen LogP contribution in [-0.4, -0.2) is 47.8 Å². The molecule has 6 rings (SSSR count). The number of aryl methyl sites for hydroxylation is 1. The van der Waals surface area contributed by atoms with Gasteiger partial charge in [-0.2, -0.15) is 15.3 Å². The number of nitriles is 1. The predicted octanol–water partition coefficient (Wildman–Crippen LogP) is 2.48. The van der Waals surface area contributed by atoms with Gasteiger partial charge in [-0.05, 0) is 26.0 Å². The molecule has 0 bridgehead atoms. The summed E-state index contributed by atoms with van der Waals surface area (Å²) in [5.74, 6) is 2.40. The Morgan fingerprint density at radius 3 is 2.82 bits per heavy atom. The van der Waals surface area contributed by atoms with Gasteiger partial charge in [-0.15, -0.1) is 0 Å². The molecule has 1 spiro atoms. The van der Waals surface area contributed by atoms with Gasteiger partial charge in [0.1, 0.15) is 28.7 Å². The molecular formula is C22H22N10O. The highest BCUT2D eigenvalue weighted by Crippen LogP contribution is 2.52. The van der Waals surface area contributed by atoms with Crippen LogP contribution in [0.3, 0.4) is 0 Å². The molecule has 2 aliphatic rings. The Kier molecular flexibility index (Phi) is 4.09. The molecule has 0 aromatic carbocycles. The highest BCUT2D eigenvalue weighted by molar-refractivity contribution is 5.84. The first-order chi connectivity index (χ1) is 16.0. The molecule has 0 radical (unpaired) electrons. The molecular weight excluding hydrogens is 420 g/mol. The van der Waals surface area contributed by atoms with Crippen molar-refractivity contribution in [2.24, 2.45) is 7.05 Å². The van der Waals surface area contributed by atoms with Gasteiger partial charge < -0.3 is 20.4 Å². The summed E-state index contributed by atoms with van der Waals surface area (Å²) in [5, 5.41) is 18.0. The lowest BCUT2D eigenvalue weighted by Crippen LogP contribution is -2.41. The lowest BCUT2D eigenvalue weighted by atomic mass is 10.1. The van der Waals surface area contributed by atoms with Gasteiger partial charge >= 0.3 is 0 Å². The van der Waals surface area contributed by atoms with Crippen molar-refractivity contribution in [1.29, 1.82) is 5.26 Å². The van der Waals surface area contributed by atoms with Crippen molar-refractivity contribution in [2.75, 3.05) is 24.6 Å². The van der Waals surface area contributed by atoms with Crippen molar-refractivity contribution < 1.29 is 4.74 Å². The van der Waals surface area contributed by atoms with E-state index in [1.807, 2.05) is 7.05 Å². The number of pyridine rings is 2. The zero-order chi connectivity index (χ0) is 22.7. The van der Waals surface area contributed by atoms with E-state index in [0.717, 1.165) is 31.7 Å². The fourth-order valence-corrected chi connectivity index (χ4v) is 4.62. The quantitative estimate of drug-likeness (QED) is 0.488. The largest absolute Gasteiger partial charge is 0.454 e. The van der Waals surface area contributed by atoms with Crippen LogP contribution in [0.25, 0.3) is 11.2 Å². The van der Waals surface area contributed by atoms with Crippen LogP contribution in [0.1, 0.15) is 24.1 Å². The molecule has 1 fully saturated rings. The fraction of sp³-hybridized carbons (Fsp3) is 0.318. The van der Waals surface area contributed by atoms with E-state index < -0.39 is 0 Å². The summed E-state index contributed by atoms with van der Waals surface area (Å²) in [6.45, 7) is 1.85. The van der Waals surface area contributed by atoms with E-state index in [9.17, 15) is 5.26 Å². The zero-order valence-corrected chi connectivity index (χ0v) is 18.3. The normalized spacial score (nSPS) is 16.5. The topological polar surface area (TPSA) is 136 Å². The number of nitrogens with two attached hydrogens (primary N) is 1. The van der Waals surface area contributed by atoms with Crippen molar-refractivity contribution >= 4 is 28.7 Å². The molecule has 5 heterocycles. The van der Waals surface area contributed by atoms with Crippen molar-refractivity contribution in [3.05, 3.63) is 41.9 Å². The number of nitrogens with zero attached hydrogens (tertiary/aromatic N) is 8. The summed E-state index contributed by atoms with van der Waals surface area (Å²) in [7, 11) is 4.01. The zero-order valence-electron chi connectivity index (χ0n) is 18.3. The number of fused-ring (bicyclic) bond motifs is 3. The molecule has 11 nitrogen and oxygen atoms in total. The lowest BCUT2D eigenvalue weighted by molar-refractivity contribution is 0.168. The minimum Gasteiger partial charge on any atom is -0.454 e. The molecule has 11 heteroatoms. The van der Waals surface area contributed by atoms with Crippen LogP contribution < -0.4 is 15.8 Å². The number of nitrogens with one attached hydrogen (secondary N) is 1. The van der Waals surface area contributed by atoms with Crippen molar-refractivity contribution in [3.63, 3.8) is 0 Å². The number of hydrogen-bond donors (Lipinski definition) is 2. The minimum absolute atomic E-state index is 0.121. The first kappa shape index (κ1) is 19.5. The molecule has 1 aliphatic heterocycles. The molecule has 166 valence electrons. The van der Waals surface area contributed by atoms with Crippen LogP contribution in [0.15, 0.2) is 30.6 Å². The van der Waals surface area contributed by atoms with Crippen LogP contribution in [-0.2, 0) is 19.1 Å². The predicted molar refractivity (Wildman–Crippen MR) is 121 cm³/mol. The number of nitrogen functional groups attached to an aromatic ring is 1. The molecule has 3 N–H and O–H groups in total. The first-order valence-electron chi connectivity index (χ1n) is 10.7. The Morgan fingerprint density at radius 1 is 1.21 bits per heavy atom. The number of hydrogen-bond acceptors (Lipinski definition) is 9. The second-order valence-corrected chi connectivity index (χ2v) is 8.51. The van der Waals surface area contributed by atoms with E-state index in [-0.39, 0.29) is 5.54 Å². The summed E-state index contributed by atoms with van der Waals surface area (Å²) in [6, 6.07) is 7.59. The summed E-state index contributed by atoms with van der Waals surface area (Å²) in [6.07, 6.45) is 5.35. The molecule has 4 aromatic heterocycles. The van der Waals surface area contributed by atoms with Gasteiger partial charge in [0.05, 0.1) is 24.0 Å². The molecule has 0 amide bonds. The average molecular weight is 442 g/mol. The number of ether oxygens (including phenoxy) is 1. The van der Waals surface area contributed by atoms with E-state index in [1.165, 1.54) is 11.9 Å². The minimum atomic E-state index is 0.121. The van der Waals surface area contributed by atoms with Gasteiger partial charge in [-0.3, -0.25) is 9.58 Å². The number of rotatable bonds is 4. The standard InChI is InChI=1S/C22H22N10O/c1-30-7-8-32-16(22(30)4-5-22)10-18(29-32)27-21-28-20-19(31(21)2)14(11-23)15(12-26-20)33-13-3-6-25-17(24)9-13/h3,6,9-10,12H,4-5,7-8H2,1-2H3,(H2,24,25)(H,26,27,28,29). The average Bonchev–Trinajstić information content (AvgIpc) is 3.39. The van der Waals surface area contributed by atoms with E-state index in [4.69, 9.17) is 15.6 Å². The molecule has 33 heavy (non-hydrogen) atoms. The van der Waals surface area contributed by atoms with Gasteiger partial charge in [0.25, 0.3) is 0 Å². The number of likely N-dealkylation sites (N-methyl/N-ethyl adjacent to an activating group) is 1. The Morgan fingerprint density at radius 2 is 2.06 bits per heavy atom. The monoisotopic (exact) mass is 442 g/mol. The highest BCUT2D eigenvalue weighted by atomic mass is 16.5. The van der Waals surface area contributed by atoms with Crippen molar-refractivity contribution in [3.8, 4) is 17.6 Å². The highest BCUT2D eigenvalue weighted by Gasteiger charge is 2.52. The smallest absolute Gasteiger partial charge is 0.210 e. The van der Waals surface area contributed by atoms with Crippen LogP contribution in [0.2, 0.25) is 0 Å². The summed E-state index contributed by atoms with van der Waals surface area (Å²) >= 11 is 0. The molecule has 4 aromatic rings. The maximum absolute atomic E-state index is 9.90. The number of anilines is 3. The van der Waals surface area contributed by atoms with Gasteiger partial charge in [-0.1, -0.05) is 0 Å². The Bertz CT molecular complexity index is 1440. The van der Waals surface area contributed by atoms with Crippen LogP contribution in [0.5, 0.6) is 11.5 Å². The van der Waals surface area contributed by atoms with E-state index >= 15 is 0 Å². The van der Waals surface area contributed by atoms with Crippen LogP contribution in [0.4, 0.5) is 17.6 Å². The lowest BCUT2D eigenvalue weighted by Gasteiger charge is -2.33. The summed E-state index contributed by atoms with van der Waals surface area (Å²) < 4.78 is 9.76. The number of imidazole rings is 1. The van der Waals surface area contributed by atoms with Gasteiger partial charge in [0.15, 0.2) is 17.2 Å². The molecule has 0 atom stereocenters. The Labute approximate surface area is 189 Å². The van der Waals surface area contributed by atoms with Crippen LogP contribution >= 0.6 is 0 Å². The molecule has 0 saturated heterocycles. The maximum Gasteiger partial charge on any atom is 0.210 e. The summed E-state index contributed by atoms with van der Waals surface area (Å²) in [5.41, 5.74) is 8.44. The van der Waals surface area contributed by atoms with E-state index in [1.54, 1.807) is 22.9 Å². The molecule has 0 unspecified atom stereocenters.